The van der Waals surface area contributed by atoms with Gasteiger partial charge < -0.3 is 5.32 Å². The first-order chi connectivity index (χ1) is 10.6. The second-order valence-corrected chi connectivity index (χ2v) is 6.74. The number of rotatable bonds is 4. The minimum absolute atomic E-state index is 0.0677. The lowest BCUT2D eigenvalue weighted by Gasteiger charge is -2.05. The van der Waals surface area contributed by atoms with Crippen LogP contribution in [0.3, 0.4) is 0 Å². The molecule has 112 valence electrons. The Kier molecular flexibility index (Phi) is 4.57. The number of amides is 1. The number of hydrogen-bond acceptors (Lipinski definition) is 5. The normalized spacial score (nSPS) is 10.8. The molecule has 0 saturated carbocycles. The highest BCUT2D eigenvalue weighted by atomic mass is 127. The number of nitrogens with one attached hydrogen (secondary N) is 1. The summed E-state index contributed by atoms with van der Waals surface area (Å²) in [5.41, 5.74) is 1.55. The number of thioether (sulfide) groups is 1. The molecule has 2 aromatic heterocycles. The Balaban J connectivity index is 1.66. The fraction of sp³-hybridized carbons (Fsp3) is 0.143. The van der Waals surface area contributed by atoms with Crippen molar-refractivity contribution >= 4 is 57.0 Å². The summed E-state index contributed by atoms with van der Waals surface area (Å²) in [6, 6.07) is 7.67. The van der Waals surface area contributed by atoms with Crippen molar-refractivity contribution in [2.24, 2.45) is 7.05 Å². The van der Waals surface area contributed by atoms with Gasteiger partial charge >= 0.3 is 0 Å². The fourth-order valence-electron chi connectivity index (χ4n) is 1.92. The first-order valence-electron chi connectivity index (χ1n) is 6.44. The third kappa shape index (κ3) is 3.38. The summed E-state index contributed by atoms with van der Waals surface area (Å²) in [7, 11) is 1.83. The summed E-state index contributed by atoms with van der Waals surface area (Å²) >= 11 is 3.60. The molecule has 3 rings (SSSR count). The molecule has 1 N–H and O–H groups in total. The van der Waals surface area contributed by atoms with Crippen molar-refractivity contribution in [1.29, 1.82) is 0 Å². The predicted octanol–water partition coefficient (Wildman–Crippen LogP) is 2.70. The number of anilines is 1. The maximum atomic E-state index is 12.0. The molecule has 0 spiro atoms. The maximum Gasteiger partial charge on any atom is 0.234 e. The zero-order valence-electron chi connectivity index (χ0n) is 11.7. The zero-order valence-corrected chi connectivity index (χ0v) is 14.6. The van der Waals surface area contributed by atoms with Gasteiger partial charge in [0, 0.05) is 16.3 Å². The number of fused-ring (bicyclic) bond motifs is 1. The van der Waals surface area contributed by atoms with E-state index in [1.807, 2.05) is 31.3 Å². The molecular formula is C14H12IN5OS. The van der Waals surface area contributed by atoms with Gasteiger partial charge in [0.25, 0.3) is 0 Å². The van der Waals surface area contributed by atoms with E-state index in [0.29, 0.717) is 0 Å². The van der Waals surface area contributed by atoms with Crippen molar-refractivity contribution < 1.29 is 4.79 Å². The van der Waals surface area contributed by atoms with Crippen LogP contribution in [0.1, 0.15) is 0 Å². The highest BCUT2D eigenvalue weighted by Gasteiger charge is 2.10. The second-order valence-electron chi connectivity index (χ2n) is 4.53. The predicted molar refractivity (Wildman–Crippen MR) is 94.8 cm³/mol. The van der Waals surface area contributed by atoms with Gasteiger partial charge in [-0.15, -0.1) is 0 Å². The number of benzene rings is 1. The topological polar surface area (TPSA) is 72.7 Å². The third-order valence-electron chi connectivity index (χ3n) is 2.96. The molecular weight excluding hydrogens is 413 g/mol. The van der Waals surface area contributed by atoms with Gasteiger partial charge in [-0.2, -0.15) is 5.10 Å². The third-order valence-corrected chi connectivity index (χ3v) is 4.69. The van der Waals surface area contributed by atoms with E-state index in [4.69, 9.17) is 0 Å². The number of carbonyl (C=O) groups excluding carboxylic acids is 1. The minimum atomic E-state index is -0.0677. The minimum Gasteiger partial charge on any atom is -0.325 e. The molecule has 0 aliphatic heterocycles. The van der Waals surface area contributed by atoms with Crippen molar-refractivity contribution in [3.05, 3.63) is 40.4 Å². The number of halogens is 1. The Hall–Kier alpha value is -1.68. The molecule has 3 aromatic rings. The van der Waals surface area contributed by atoms with Gasteiger partial charge in [0.05, 0.1) is 17.3 Å². The first kappa shape index (κ1) is 15.2. The Morgan fingerprint density at radius 2 is 2.09 bits per heavy atom. The van der Waals surface area contributed by atoms with E-state index < -0.39 is 0 Å². The van der Waals surface area contributed by atoms with E-state index in [1.54, 1.807) is 10.9 Å². The molecule has 8 heteroatoms. The van der Waals surface area contributed by atoms with Crippen molar-refractivity contribution in [3.63, 3.8) is 0 Å². The Labute approximate surface area is 144 Å². The van der Waals surface area contributed by atoms with Crippen LogP contribution in [0.15, 0.2) is 41.8 Å². The average molecular weight is 425 g/mol. The Morgan fingerprint density at radius 1 is 1.32 bits per heavy atom. The summed E-state index contributed by atoms with van der Waals surface area (Å²) in [4.78, 5) is 20.4. The summed E-state index contributed by atoms with van der Waals surface area (Å²) in [6.45, 7) is 0. The van der Waals surface area contributed by atoms with E-state index in [1.165, 1.54) is 18.1 Å². The summed E-state index contributed by atoms with van der Waals surface area (Å²) in [5, 5.41) is 8.64. The maximum absolute atomic E-state index is 12.0. The zero-order chi connectivity index (χ0) is 15.5. The van der Waals surface area contributed by atoms with E-state index in [-0.39, 0.29) is 11.7 Å². The van der Waals surface area contributed by atoms with Crippen LogP contribution in [0.4, 0.5) is 5.69 Å². The molecule has 1 aromatic carbocycles. The van der Waals surface area contributed by atoms with Gasteiger partial charge in [0.15, 0.2) is 5.65 Å². The first-order valence-corrected chi connectivity index (χ1v) is 8.51. The van der Waals surface area contributed by atoms with Gasteiger partial charge in [-0.3, -0.25) is 9.48 Å². The van der Waals surface area contributed by atoms with Crippen LogP contribution in [-0.2, 0) is 11.8 Å². The van der Waals surface area contributed by atoms with Gasteiger partial charge in [-0.1, -0.05) is 11.8 Å². The summed E-state index contributed by atoms with van der Waals surface area (Å²) in [5.74, 6) is 0.217. The highest BCUT2D eigenvalue weighted by Crippen LogP contribution is 2.23. The van der Waals surface area contributed by atoms with Crippen LogP contribution in [0.25, 0.3) is 11.0 Å². The van der Waals surface area contributed by atoms with E-state index in [0.717, 1.165) is 25.3 Å². The lowest BCUT2D eigenvalue weighted by molar-refractivity contribution is -0.113. The van der Waals surface area contributed by atoms with Crippen LogP contribution < -0.4 is 5.32 Å². The van der Waals surface area contributed by atoms with Crippen molar-refractivity contribution in [3.8, 4) is 0 Å². The number of carbonyl (C=O) groups is 1. The van der Waals surface area contributed by atoms with Crippen LogP contribution in [0.5, 0.6) is 0 Å². The summed E-state index contributed by atoms with van der Waals surface area (Å²) in [6.07, 6.45) is 3.21. The molecule has 0 fully saturated rings. The molecule has 6 nitrogen and oxygen atoms in total. The highest BCUT2D eigenvalue weighted by molar-refractivity contribution is 14.1. The number of nitrogens with zero attached hydrogens (tertiary/aromatic N) is 4. The Morgan fingerprint density at radius 3 is 2.86 bits per heavy atom. The van der Waals surface area contributed by atoms with E-state index in [2.05, 4.69) is 43.0 Å². The molecule has 0 bridgehead atoms. The van der Waals surface area contributed by atoms with Gasteiger partial charge in [0.1, 0.15) is 11.4 Å². The monoisotopic (exact) mass is 425 g/mol. The van der Waals surface area contributed by atoms with Crippen LogP contribution in [0.2, 0.25) is 0 Å². The van der Waals surface area contributed by atoms with Gasteiger partial charge in [-0.25, -0.2) is 9.97 Å². The quantitative estimate of drug-likeness (QED) is 0.396. The number of hydrogen-bond donors (Lipinski definition) is 1. The lowest BCUT2D eigenvalue weighted by atomic mass is 10.3. The average Bonchev–Trinajstić information content (AvgIpc) is 2.90. The molecule has 0 unspecified atom stereocenters. The van der Waals surface area contributed by atoms with Crippen LogP contribution >= 0.6 is 34.4 Å². The molecule has 0 saturated heterocycles. The molecule has 1 amide bonds. The number of aryl methyl sites for hydroxylation is 1. The van der Waals surface area contributed by atoms with E-state index in [9.17, 15) is 4.79 Å². The molecule has 0 aliphatic carbocycles. The van der Waals surface area contributed by atoms with E-state index >= 15 is 0 Å². The van der Waals surface area contributed by atoms with Crippen molar-refractivity contribution in [2.75, 3.05) is 11.1 Å². The molecule has 22 heavy (non-hydrogen) atoms. The van der Waals surface area contributed by atoms with Crippen molar-refractivity contribution in [2.45, 2.75) is 5.03 Å². The van der Waals surface area contributed by atoms with Crippen LogP contribution in [-0.4, -0.2) is 31.4 Å². The molecule has 2 heterocycles. The van der Waals surface area contributed by atoms with Crippen LogP contribution in [0, 0.1) is 3.57 Å². The lowest BCUT2D eigenvalue weighted by Crippen LogP contribution is -2.14. The summed E-state index contributed by atoms with van der Waals surface area (Å²) < 4.78 is 2.82. The SMILES string of the molecule is Cn1ncc2c(SCC(=O)Nc3ccc(I)cc3)ncnc21. The number of aromatic nitrogens is 4. The van der Waals surface area contributed by atoms with Gasteiger partial charge in [-0.05, 0) is 46.9 Å². The molecule has 0 radical (unpaired) electrons. The second kappa shape index (κ2) is 6.61. The molecule has 0 aliphatic rings. The standard InChI is InChI=1S/C14H12IN5OS/c1-20-13-11(6-18-20)14(17-8-16-13)22-7-12(21)19-10-4-2-9(15)3-5-10/h2-6,8H,7H2,1H3,(H,19,21). The smallest absolute Gasteiger partial charge is 0.234 e. The van der Waals surface area contributed by atoms with Gasteiger partial charge in [0.2, 0.25) is 5.91 Å². The van der Waals surface area contributed by atoms with Crippen molar-refractivity contribution in [1.82, 2.24) is 19.7 Å². The largest absolute Gasteiger partial charge is 0.325 e. The Bertz CT molecular complexity index is 818. The fourth-order valence-corrected chi connectivity index (χ4v) is 3.04. The molecule has 0 atom stereocenters.